The van der Waals surface area contributed by atoms with Gasteiger partial charge in [0, 0.05) is 0 Å². The Morgan fingerprint density at radius 2 is 1.27 bits per heavy atom. The minimum absolute atomic E-state index is 0.00413. The van der Waals surface area contributed by atoms with Gasteiger partial charge >= 0.3 is 0 Å². The highest BCUT2D eigenvalue weighted by Gasteiger charge is 2.47. The SMILES string of the molecule is O=CCOC[C@H]1O[C@H](OCC=O)[C@H](OCC=O)[C@@H]1OCC=O. The highest BCUT2D eigenvalue weighted by Crippen LogP contribution is 2.27. The Hall–Kier alpha value is -1.52. The zero-order valence-electron chi connectivity index (χ0n) is 11.8. The van der Waals surface area contributed by atoms with Crippen molar-refractivity contribution in [3.8, 4) is 0 Å². The summed E-state index contributed by atoms with van der Waals surface area (Å²) in [4.78, 5) is 41.6. The van der Waals surface area contributed by atoms with Crippen LogP contribution < -0.4 is 0 Å². The molecular weight excluding hydrogens is 300 g/mol. The molecule has 22 heavy (non-hydrogen) atoms. The van der Waals surface area contributed by atoms with Gasteiger partial charge in [0.1, 0.15) is 69.9 Å². The standard InChI is InChI=1S/C13H18O9/c14-1-5-18-9-10-11(19-6-2-15)12(20-7-3-16)13(22-10)21-8-4-17/h1-4,10-13H,5-9H2/t10-,11-,12-,13+/m1/s1. The van der Waals surface area contributed by atoms with E-state index in [0.29, 0.717) is 25.1 Å². The summed E-state index contributed by atoms with van der Waals surface area (Å²) >= 11 is 0. The Bertz CT molecular complexity index is 359. The van der Waals surface area contributed by atoms with Gasteiger partial charge < -0.3 is 42.9 Å². The van der Waals surface area contributed by atoms with Gasteiger partial charge in [-0.1, -0.05) is 0 Å². The quantitative estimate of drug-likeness (QED) is 0.290. The van der Waals surface area contributed by atoms with E-state index < -0.39 is 24.6 Å². The first-order valence-corrected chi connectivity index (χ1v) is 6.61. The van der Waals surface area contributed by atoms with Gasteiger partial charge in [-0.25, -0.2) is 0 Å². The van der Waals surface area contributed by atoms with Gasteiger partial charge in [-0.05, 0) is 0 Å². The summed E-state index contributed by atoms with van der Waals surface area (Å²) in [6.45, 7) is -0.782. The van der Waals surface area contributed by atoms with Crippen LogP contribution in [0.5, 0.6) is 0 Å². The van der Waals surface area contributed by atoms with Crippen molar-refractivity contribution in [1.29, 1.82) is 0 Å². The van der Waals surface area contributed by atoms with Gasteiger partial charge in [-0.2, -0.15) is 0 Å². The van der Waals surface area contributed by atoms with Crippen molar-refractivity contribution in [2.24, 2.45) is 0 Å². The number of rotatable bonds is 13. The zero-order valence-corrected chi connectivity index (χ0v) is 11.8. The van der Waals surface area contributed by atoms with Crippen LogP contribution in [0.15, 0.2) is 0 Å². The predicted molar refractivity (Wildman–Crippen MR) is 69.2 cm³/mol. The molecule has 124 valence electrons. The van der Waals surface area contributed by atoms with E-state index >= 15 is 0 Å². The lowest BCUT2D eigenvalue weighted by molar-refractivity contribution is -0.181. The normalized spacial score (nSPS) is 27.5. The molecule has 9 nitrogen and oxygen atoms in total. The third-order valence-electron chi connectivity index (χ3n) is 2.78. The van der Waals surface area contributed by atoms with E-state index in [0.717, 1.165) is 0 Å². The Balaban J connectivity index is 2.74. The fourth-order valence-corrected chi connectivity index (χ4v) is 2.00. The molecule has 0 unspecified atom stereocenters. The van der Waals surface area contributed by atoms with E-state index in [1.807, 2.05) is 0 Å². The van der Waals surface area contributed by atoms with E-state index in [1.54, 1.807) is 0 Å². The summed E-state index contributed by atoms with van der Waals surface area (Å²) in [5, 5.41) is 0. The molecule has 0 radical (unpaired) electrons. The highest BCUT2D eigenvalue weighted by atomic mass is 16.7. The monoisotopic (exact) mass is 318 g/mol. The summed E-state index contributed by atoms with van der Waals surface area (Å²) in [5.74, 6) is 0. The molecule has 0 N–H and O–H groups in total. The Morgan fingerprint density at radius 3 is 1.86 bits per heavy atom. The van der Waals surface area contributed by atoms with Crippen LogP contribution in [0.4, 0.5) is 0 Å². The second kappa shape index (κ2) is 11.1. The van der Waals surface area contributed by atoms with Gasteiger partial charge in [-0.3, -0.25) is 0 Å². The largest absolute Gasteiger partial charge is 0.371 e. The lowest BCUT2D eigenvalue weighted by atomic mass is 10.1. The lowest BCUT2D eigenvalue weighted by Crippen LogP contribution is -2.40. The molecule has 1 saturated heterocycles. The van der Waals surface area contributed by atoms with Gasteiger partial charge in [0.15, 0.2) is 6.29 Å². The minimum atomic E-state index is -0.952. The Morgan fingerprint density at radius 1 is 0.727 bits per heavy atom. The summed E-state index contributed by atoms with van der Waals surface area (Å²) in [6.07, 6.45) is -0.957. The number of carbonyl (C=O) groups is 4. The molecule has 9 heteroatoms. The first kappa shape index (κ1) is 18.5. The van der Waals surface area contributed by atoms with Crippen molar-refractivity contribution in [2.75, 3.05) is 33.0 Å². The molecule has 0 amide bonds. The molecule has 1 rings (SSSR count). The molecule has 0 aromatic rings. The average molecular weight is 318 g/mol. The minimum Gasteiger partial charge on any atom is -0.371 e. The Kier molecular flexibility index (Phi) is 9.35. The maximum absolute atomic E-state index is 10.5. The molecule has 4 atom stereocenters. The van der Waals surface area contributed by atoms with Gasteiger partial charge in [-0.15, -0.1) is 0 Å². The third-order valence-corrected chi connectivity index (χ3v) is 2.78. The van der Waals surface area contributed by atoms with Crippen LogP contribution in [0.25, 0.3) is 0 Å². The summed E-state index contributed by atoms with van der Waals surface area (Å²) in [5.41, 5.74) is 0. The van der Waals surface area contributed by atoms with E-state index in [2.05, 4.69) is 0 Å². The van der Waals surface area contributed by atoms with Gasteiger partial charge in [0.2, 0.25) is 0 Å². The molecule has 0 saturated carbocycles. The molecule has 1 aliphatic heterocycles. The lowest BCUT2D eigenvalue weighted by Gasteiger charge is -2.22. The number of hydrogen-bond donors (Lipinski definition) is 0. The average Bonchev–Trinajstić information content (AvgIpc) is 2.86. The number of hydrogen-bond acceptors (Lipinski definition) is 9. The topological polar surface area (TPSA) is 114 Å². The van der Waals surface area contributed by atoms with Crippen LogP contribution in [0.3, 0.4) is 0 Å². The molecule has 1 aliphatic rings. The van der Waals surface area contributed by atoms with Crippen LogP contribution in [-0.2, 0) is 42.9 Å². The molecule has 0 aliphatic carbocycles. The maximum Gasteiger partial charge on any atom is 0.187 e. The smallest absolute Gasteiger partial charge is 0.187 e. The van der Waals surface area contributed by atoms with Crippen LogP contribution in [0, 0.1) is 0 Å². The van der Waals surface area contributed by atoms with Crippen LogP contribution >= 0.6 is 0 Å². The van der Waals surface area contributed by atoms with Crippen LogP contribution in [0.1, 0.15) is 0 Å². The summed E-state index contributed by atoms with van der Waals surface area (Å²) in [6, 6.07) is 0. The number of carbonyl (C=O) groups excluding carboxylic acids is 4. The maximum atomic E-state index is 10.5. The Labute approximate surface area is 126 Å². The fraction of sp³-hybridized carbons (Fsp3) is 0.692. The first-order valence-electron chi connectivity index (χ1n) is 6.61. The van der Waals surface area contributed by atoms with Gasteiger partial charge in [0.25, 0.3) is 0 Å². The van der Waals surface area contributed by atoms with Crippen molar-refractivity contribution in [1.82, 2.24) is 0 Å². The van der Waals surface area contributed by atoms with E-state index in [9.17, 15) is 19.2 Å². The first-order chi connectivity index (χ1) is 10.8. The van der Waals surface area contributed by atoms with E-state index in [1.165, 1.54) is 0 Å². The third kappa shape index (κ3) is 5.70. The van der Waals surface area contributed by atoms with Crippen molar-refractivity contribution in [3.05, 3.63) is 0 Å². The molecular formula is C13H18O9. The molecule has 0 aromatic heterocycles. The molecule has 0 spiro atoms. The van der Waals surface area contributed by atoms with E-state index in [-0.39, 0.29) is 33.0 Å². The predicted octanol–water partition coefficient (Wildman–Crippen LogP) is -1.69. The number of ether oxygens (including phenoxy) is 5. The highest BCUT2D eigenvalue weighted by molar-refractivity contribution is 5.51. The van der Waals surface area contributed by atoms with Crippen LogP contribution in [0.2, 0.25) is 0 Å². The molecule has 0 aromatic carbocycles. The van der Waals surface area contributed by atoms with Crippen molar-refractivity contribution >= 4 is 25.1 Å². The number of aldehydes is 4. The van der Waals surface area contributed by atoms with Crippen molar-refractivity contribution in [2.45, 2.75) is 24.6 Å². The second-order valence-corrected chi connectivity index (χ2v) is 4.18. The molecule has 1 fully saturated rings. The molecule has 0 bridgehead atoms. The van der Waals surface area contributed by atoms with E-state index in [4.69, 9.17) is 23.7 Å². The second-order valence-electron chi connectivity index (χ2n) is 4.18. The zero-order chi connectivity index (χ0) is 16.2. The molecule has 1 heterocycles. The van der Waals surface area contributed by atoms with Crippen molar-refractivity contribution < 1.29 is 42.9 Å². The summed E-state index contributed by atoms with van der Waals surface area (Å²) in [7, 11) is 0. The fourth-order valence-electron chi connectivity index (χ4n) is 2.00. The summed E-state index contributed by atoms with van der Waals surface area (Å²) < 4.78 is 26.4. The van der Waals surface area contributed by atoms with Crippen LogP contribution in [-0.4, -0.2) is 82.8 Å². The van der Waals surface area contributed by atoms with Gasteiger partial charge in [0.05, 0.1) is 6.61 Å². The van der Waals surface area contributed by atoms with Crippen molar-refractivity contribution in [3.63, 3.8) is 0 Å².